The van der Waals surface area contributed by atoms with Crippen LogP contribution in [-0.2, 0) is 11.3 Å². The fraction of sp³-hybridized carbons (Fsp3) is 0.462. The van der Waals surface area contributed by atoms with Gasteiger partial charge in [0.25, 0.3) is 0 Å². The first-order valence-corrected chi connectivity index (χ1v) is 5.39. The molecule has 0 heterocycles. The lowest BCUT2D eigenvalue weighted by molar-refractivity contribution is -0.116. The number of ketones is 1. The Labute approximate surface area is 96.8 Å². The average Bonchev–Trinajstić information content (AvgIpc) is 2.20. The summed E-state index contributed by atoms with van der Waals surface area (Å²) in [6.45, 7) is 6.74. The normalized spacial score (nSPS) is 10.2. The molecule has 0 aliphatic carbocycles. The Kier molecular flexibility index (Phi) is 4.50. The van der Waals surface area contributed by atoms with Gasteiger partial charge in [0, 0.05) is 12.1 Å². The number of carbonyl (C=O) groups excluding carboxylic acids is 1. The number of rotatable bonds is 5. The molecule has 0 spiro atoms. The number of benzene rings is 1. The van der Waals surface area contributed by atoms with Crippen molar-refractivity contribution in [3.63, 3.8) is 0 Å². The lowest BCUT2D eigenvalue weighted by atomic mass is 10.0. The maximum atomic E-state index is 10.8. The summed E-state index contributed by atoms with van der Waals surface area (Å²) >= 11 is 0. The van der Waals surface area contributed by atoms with Crippen LogP contribution < -0.4 is 10.1 Å². The fourth-order valence-corrected chi connectivity index (χ4v) is 1.73. The van der Waals surface area contributed by atoms with Crippen molar-refractivity contribution in [2.45, 2.75) is 27.3 Å². The summed E-state index contributed by atoms with van der Waals surface area (Å²) in [4.78, 5) is 10.8. The Hall–Kier alpha value is -1.35. The molecule has 1 aromatic carbocycles. The van der Waals surface area contributed by atoms with Crippen LogP contribution in [0.3, 0.4) is 0 Å². The number of hydrogen-bond donors (Lipinski definition) is 1. The zero-order valence-electron chi connectivity index (χ0n) is 10.4. The number of nitrogens with one attached hydrogen (secondary N) is 1. The zero-order chi connectivity index (χ0) is 12.1. The monoisotopic (exact) mass is 221 g/mol. The molecule has 3 heteroatoms. The third-order valence-electron chi connectivity index (χ3n) is 2.47. The second kappa shape index (κ2) is 5.66. The van der Waals surface area contributed by atoms with Gasteiger partial charge in [0.1, 0.15) is 11.5 Å². The molecular weight excluding hydrogens is 202 g/mol. The van der Waals surface area contributed by atoms with Gasteiger partial charge < -0.3 is 10.1 Å². The van der Waals surface area contributed by atoms with E-state index in [1.165, 1.54) is 11.1 Å². The van der Waals surface area contributed by atoms with Gasteiger partial charge in [-0.3, -0.25) is 4.79 Å². The maximum Gasteiger partial charge on any atom is 0.143 e. The molecule has 0 aliphatic heterocycles. The summed E-state index contributed by atoms with van der Waals surface area (Å²) in [5.74, 6) is 1.03. The molecule has 0 aromatic heterocycles. The van der Waals surface area contributed by atoms with E-state index in [0.717, 1.165) is 11.3 Å². The van der Waals surface area contributed by atoms with E-state index < -0.39 is 0 Å². The molecule has 1 rings (SSSR count). The second-order valence-electron chi connectivity index (χ2n) is 4.07. The van der Waals surface area contributed by atoms with Gasteiger partial charge >= 0.3 is 0 Å². The summed E-state index contributed by atoms with van der Waals surface area (Å²) in [7, 11) is 1.67. The Morgan fingerprint density at radius 1 is 1.38 bits per heavy atom. The van der Waals surface area contributed by atoms with Gasteiger partial charge in [-0.15, -0.1) is 0 Å². The van der Waals surface area contributed by atoms with Gasteiger partial charge in [0.05, 0.1) is 13.7 Å². The first-order chi connectivity index (χ1) is 7.54. The van der Waals surface area contributed by atoms with Crippen molar-refractivity contribution in [3.05, 3.63) is 28.8 Å². The first-order valence-electron chi connectivity index (χ1n) is 5.39. The third-order valence-corrected chi connectivity index (χ3v) is 2.47. The summed E-state index contributed by atoms with van der Waals surface area (Å²) in [5.41, 5.74) is 3.49. The van der Waals surface area contributed by atoms with Crippen molar-refractivity contribution in [3.8, 4) is 5.75 Å². The molecule has 1 N–H and O–H groups in total. The number of methoxy groups -OCH3 is 1. The van der Waals surface area contributed by atoms with Crippen molar-refractivity contribution >= 4 is 5.78 Å². The maximum absolute atomic E-state index is 10.8. The molecule has 88 valence electrons. The minimum Gasteiger partial charge on any atom is -0.496 e. The zero-order valence-corrected chi connectivity index (χ0v) is 10.4. The van der Waals surface area contributed by atoms with Crippen LogP contribution in [-0.4, -0.2) is 19.4 Å². The van der Waals surface area contributed by atoms with Crippen molar-refractivity contribution in [2.75, 3.05) is 13.7 Å². The highest BCUT2D eigenvalue weighted by molar-refractivity contribution is 5.77. The van der Waals surface area contributed by atoms with Crippen molar-refractivity contribution in [1.82, 2.24) is 5.32 Å². The minimum atomic E-state index is 0.142. The molecule has 0 saturated carbocycles. The number of aryl methyl sites for hydroxylation is 2. The highest BCUT2D eigenvalue weighted by Crippen LogP contribution is 2.23. The summed E-state index contributed by atoms with van der Waals surface area (Å²) < 4.78 is 5.34. The van der Waals surface area contributed by atoms with Crippen LogP contribution in [0.1, 0.15) is 23.6 Å². The van der Waals surface area contributed by atoms with Crippen molar-refractivity contribution in [1.29, 1.82) is 0 Å². The molecule has 1 aromatic rings. The van der Waals surface area contributed by atoms with Crippen LogP contribution in [0.15, 0.2) is 12.1 Å². The van der Waals surface area contributed by atoms with Crippen molar-refractivity contribution < 1.29 is 9.53 Å². The second-order valence-corrected chi connectivity index (χ2v) is 4.07. The summed E-state index contributed by atoms with van der Waals surface area (Å²) in [6, 6.07) is 4.13. The first kappa shape index (κ1) is 12.7. The van der Waals surface area contributed by atoms with E-state index in [1.807, 2.05) is 13.0 Å². The molecule has 0 radical (unpaired) electrons. The lowest BCUT2D eigenvalue weighted by Crippen LogP contribution is -2.21. The van der Waals surface area contributed by atoms with Crippen LogP contribution in [0.5, 0.6) is 5.75 Å². The van der Waals surface area contributed by atoms with E-state index in [0.29, 0.717) is 13.1 Å². The minimum absolute atomic E-state index is 0.142. The lowest BCUT2D eigenvalue weighted by Gasteiger charge is -2.13. The molecule has 0 fully saturated rings. The highest BCUT2D eigenvalue weighted by Gasteiger charge is 2.07. The summed E-state index contributed by atoms with van der Waals surface area (Å²) in [6.07, 6.45) is 0. The van der Waals surface area contributed by atoms with E-state index >= 15 is 0 Å². The SMILES string of the molecule is COc1cc(C)cc(C)c1CNCC(C)=O. The van der Waals surface area contributed by atoms with Crippen LogP contribution >= 0.6 is 0 Å². The smallest absolute Gasteiger partial charge is 0.143 e. The molecular formula is C13H19NO2. The standard InChI is InChI=1S/C13H19NO2/c1-9-5-10(2)12(13(6-9)16-4)8-14-7-11(3)15/h5-6,14H,7-8H2,1-4H3. The van der Waals surface area contributed by atoms with Gasteiger partial charge in [0.15, 0.2) is 0 Å². The average molecular weight is 221 g/mol. The highest BCUT2D eigenvalue weighted by atomic mass is 16.5. The Bertz CT molecular complexity index is 386. The van der Waals surface area contributed by atoms with E-state index in [2.05, 4.69) is 18.3 Å². The Morgan fingerprint density at radius 2 is 2.06 bits per heavy atom. The topological polar surface area (TPSA) is 38.3 Å². The molecule has 0 amide bonds. The van der Waals surface area contributed by atoms with E-state index in [4.69, 9.17) is 4.74 Å². The van der Waals surface area contributed by atoms with Crippen LogP contribution in [0.2, 0.25) is 0 Å². The largest absolute Gasteiger partial charge is 0.496 e. The Morgan fingerprint density at radius 3 is 2.62 bits per heavy atom. The van der Waals surface area contributed by atoms with Gasteiger partial charge in [0.2, 0.25) is 0 Å². The predicted molar refractivity (Wildman–Crippen MR) is 64.9 cm³/mol. The third kappa shape index (κ3) is 3.35. The van der Waals surface area contributed by atoms with Crippen LogP contribution in [0.25, 0.3) is 0 Å². The number of carbonyl (C=O) groups is 1. The van der Waals surface area contributed by atoms with Gasteiger partial charge in [-0.2, -0.15) is 0 Å². The van der Waals surface area contributed by atoms with Crippen LogP contribution in [0.4, 0.5) is 0 Å². The van der Waals surface area contributed by atoms with E-state index in [-0.39, 0.29) is 5.78 Å². The molecule has 0 saturated heterocycles. The summed E-state index contributed by atoms with van der Waals surface area (Å²) in [5, 5.41) is 3.11. The molecule has 16 heavy (non-hydrogen) atoms. The molecule has 0 bridgehead atoms. The molecule has 3 nitrogen and oxygen atoms in total. The Balaban J connectivity index is 2.81. The van der Waals surface area contributed by atoms with Gasteiger partial charge in [-0.05, 0) is 38.0 Å². The van der Waals surface area contributed by atoms with E-state index in [1.54, 1.807) is 14.0 Å². The van der Waals surface area contributed by atoms with E-state index in [9.17, 15) is 4.79 Å². The number of Topliss-reactive ketones (excluding diaryl/α,β-unsaturated/α-hetero) is 1. The molecule has 0 atom stereocenters. The van der Waals surface area contributed by atoms with Crippen molar-refractivity contribution in [2.24, 2.45) is 0 Å². The molecule has 0 aliphatic rings. The predicted octanol–water partition coefficient (Wildman–Crippen LogP) is 1.99. The fourth-order valence-electron chi connectivity index (χ4n) is 1.73. The number of hydrogen-bond acceptors (Lipinski definition) is 3. The quantitative estimate of drug-likeness (QED) is 0.826. The van der Waals surface area contributed by atoms with Gasteiger partial charge in [-0.1, -0.05) is 6.07 Å². The van der Waals surface area contributed by atoms with Crippen LogP contribution in [0, 0.1) is 13.8 Å². The van der Waals surface area contributed by atoms with Gasteiger partial charge in [-0.25, -0.2) is 0 Å². The number of ether oxygens (including phenoxy) is 1. The molecule has 0 unspecified atom stereocenters.